The lowest BCUT2D eigenvalue weighted by Crippen LogP contribution is -2.65. The maximum atomic E-state index is 13.1. The summed E-state index contributed by atoms with van der Waals surface area (Å²) in [5.74, 6) is -2.83. The third-order valence-corrected chi connectivity index (χ3v) is 9.20. The van der Waals surface area contributed by atoms with Crippen LogP contribution in [-0.4, -0.2) is 70.2 Å². The molecule has 42 heavy (non-hydrogen) atoms. The first-order valence-corrected chi connectivity index (χ1v) is 14.8. The molecule has 0 radical (unpaired) electrons. The summed E-state index contributed by atoms with van der Waals surface area (Å²) >= 11 is 0. The van der Waals surface area contributed by atoms with Gasteiger partial charge in [0.2, 0.25) is 5.79 Å². The predicted octanol–water partition coefficient (Wildman–Crippen LogP) is 4.31. The van der Waals surface area contributed by atoms with E-state index in [0.29, 0.717) is 12.8 Å². The Morgan fingerprint density at radius 2 is 1.83 bits per heavy atom. The molecule has 3 N–H and O–H groups in total. The Kier molecular flexibility index (Phi) is 9.33. The molecule has 0 unspecified atom stereocenters. The summed E-state index contributed by atoms with van der Waals surface area (Å²) in [6.07, 6.45) is -0.974. The normalized spacial score (nSPS) is 35.2. The quantitative estimate of drug-likeness (QED) is 0.394. The van der Waals surface area contributed by atoms with Crippen LogP contribution < -0.4 is 0 Å². The predicted molar refractivity (Wildman–Crippen MR) is 152 cm³/mol. The number of carbonyl (C=O) groups excluding carboxylic acids is 2. The molecule has 10 nitrogen and oxygen atoms in total. The fourth-order valence-corrected chi connectivity index (χ4v) is 6.72. The number of phenols is 1. The van der Waals surface area contributed by atoms with Crippen molar-refractivity contribution in [1.29, 1.82) is 0 Å². The van der Waals surface area contributed by atoms with E-state index in [1.807, 2.05) is 26.8 Å². The van der Waals surface area contributed by atoms with Gasteiger partial charge in [-0.05, 0) is 56.7 Å². The van der Waals surface area contributed by atoms with E-state index >= 15 is 0 Å². The average Bonchev–Trinajstić information content (AvgIpc) is 2.88. The number of carbonyl (C=O) groups is 2. The number of methoxy groups -OCH3 is 1. The molecule has 0 saturated carbocycles. The summed E-state index contributed by atoms with van der Waals surface area (Å²) in [6.45, 7) is 10.9. The number of aromatic hydroxyl groups is 1. The second-order valence-electron chi connectivity index (χ2n) is 13.2. The summed E-state index contributed by atoms with van der Waals surface area (Å²) < 4.78 is 30.5. The fraction of sp³-hybridized carbons (Fsp3) is 0.688. The number of fused-ring (bicyclic) bond motifs is 2. The molecule has 9 atom stereocenters. The first-order chi connectivity index (χ1) is 19.6. The van der Waals surface area contributed by atoms with Crippen molar-refractivity contribution in [3.63, 3.8) is 0 Å². The maximum Gasteiger partial charge on any atom is 0.334 e. The van der Waals surface area contributed by atoms with Gasteiger partial charge in [-0.25, -0.2) is 4.79 Å². The van der Waals surface area contributed by atoms with Gasteiger partial charge in [0.25, 0.3) is 0 Å². The zero-order valence-corrected chi connectivity index (χ0v) is 25.7. The van der Waals surface area contributed by atoms with Gasteiger partial charge in [0.1, 0.15) is 29.3 Å². The zero-order chi connectivity index (χ0) is 31.0. The molecule has 3 aliphatic heterocycles. The van der Waals surface area contributed by atoms with E-state index in [4.69, 9.17) is 23.7 Å². The second kappa shape index (κ2) is 12.1. The summed E-state index contributed by atoms with van der Waals surface area (Å²) in [4.78, 5) is 26.0. The van der Waals surface area contributed by atoms with Gasteiger partial charge in [0, 0.05) is 18.4 Å². The Labute approximate surface area is 247 Å². The highest BCUT2D eigenvalue weighted by Crippen LogP contribution is 2.56. The van der Waals surface area contributed by atoms with E-state index in [0.717, 1.165) is 11.6 Å². The first kappa shape index (κ1) is 32.3. The van der Waals surface area contributed by atoms with Gasteiger partial charge >= 0.3 is 11.9 Å². The van der Waals surface area contributed by atoms with Crippen molar-refractivity contribution in [3.05, 3.63) is 41.7 Å². The monoisotopic (exact) mass is 590 g/mol. The van der Waals surface area contributed by atoms with E-state index in [-0.39, 0.29) is 48.7 Å². The number of aliphatic hydroxyl groups excluding tert-OH is 1. The van der Waals surface area contributed by atoms with Crippen molar-refractivity contribution in [1.82, 2.24) is 0 Å². The molecule has 3 aliphatic rings. The molecule has 3 heterocycles. The number of aliphatic hydroxyl groups is 2. The molecule has 2 saturated heterocycles. The van der Waals surface area contributed by atoms with Gasteiger partial charge < -0.3 is 39.0 Å². The fourth-order valence-electron chi connectivity index (χ4n) is 6.72. The average molecular weight is 591 g/mol. The number of benzene rings is 1. The molecule has 2 fully saturated rings. The molecular weight excluding hydrogens is 544 g/mol. The molecule has 234 valence electrons. The van der Waals surface area contributed by atoms with Crippen molar-refractivity contribution in [2.24, 2.45) is 17.3 Å². The van der Waals surface area contributed by atoms with E-state index in [9.17, 15) is 24.9 Å². The van der Waals surface area contributed by atoms with Crippen LogP contribution in [0.1, 0.15) is 85.3 Å². The topological polar surface area (TPSA) is 141 Å². The Morgan fingerprint density at radius 3 is 2.48 bits per heavy atom. The summed E-state index contributed by atoms with van der Waals surface area (Å²) in [5.41, 5.74) is -1.37. The molecule has 0 aromatic heterocycles. The van der Waals surface area contributed by atoms with Crippen LogP contribution in [0.25, 0.3) is 0 Å². The van der Waals surface area contributed by atoms with E-state index in [1.165, 1.54) is 6.92 Å². The standard InChI is InChI=1S/C32H46O10/c1-18(11-12-23(38-7)21-9-8-10-22(34)13-21)29-19(2)25-16-32(42-29)30(4,5)17-31(6,37)26(41-32)15-28(36)39-24(20(3)33)14-27(35)40-25/h8-10,13,15,18-20,23-25,29,33-34,37H,11-12,14,16-17H2,1-7H3/t18-,19-,20+,23-,24+,25-,29+,31-,32+/m0/s1. The lowest BCUT2D eigenvalue weighted by Gasteiger charge is -2.59. The highest BCUT2D eigenvalue weighted by atomic mass is 16.7. The minimum absolute atomic E-state index is 0.00565. The molecule has 0 aliphatic carbocycles. The third-order valence-electron chi connectivity index (χ3n) is 9.20. The number of cyclic esters (lactones) is 1. The number of esters is 2. The molecule has 1 aromatic carbocycles. The van der Waals surface area contributed by atoms with Gasteiger partial charge in [-0.3, -0.25) is 4.79 Å². The Bertz CT molecular complexity index is 1170. The summed E-state index contributed by atoms with van der Waals surface area (Å²) in [5, 5.41) is 31.5. The van der Waals surface area contributed by atoms with Gasteiger partial charge in [-0.15, -0.1) is 0 Å². The Hall–Kier alpha value is -2.66. The molecule has 1 aromatic rings. The van der Waals surface area contributed by atoms with Crippen molar-refractivity contribution >= 4 is 11.9 Å². The first-order valence-electron chi connectivity index (χ1n) is 14.8. The van der Waals surface area contributed by atoms with Crippen LogP contribution in [0.2, 0.25) is 0 Å². The van der Waals surface area contributed by atoms with Crippen LogP contribution >= 0.6 is 0 Å². The highest BCUT2D eigenvalue weighted by Gasteiger charge is 2.63. The largest absolute Gasteiger partial charge is 0.508 e. The van der Waals surface area contributed by atoms with Gasteiger partial charge in [0.05, 0.1) is 37.2 Å². The number of rotatable bonds is 7. The highest BCUT2D eigenvalue weighted by molar-refractivity contribution is 5.83. The van der Waals surface area contributed by atoms with Crippen LogP contribution in [0.5, 0.6) is 5.75 Å². The Balaban J connectivity index is 1.68. The van der Waals surface area contributed by atoms with Crippen molar-refractivity contribution in [2.75, 3.05) is 7.11 Å². The van der Waals surface area contributed by atoms with Crippen LogP contribution in [0, 0.1) is 17.3 Å². The SMILES string of the molecule is CO[C@@H](CC[C@H](C)[C@H]1O[C@@]23C[C@H](OC(=O)C[C@H]([C@@H](C)O)OC(=O)C=C(O2)[C@@](C)(O)CC3(C)C)[C@@H]1C)c1cccc(O)c1. The minimum atomic E-state index is -1.50. The molecule has 3 bridgehead atoms. The maximum absolute atomic E-state index is 13.1. The van der Waals surface area contributed by atoms with Crippen molar-refractivity contribution < 1.29 is 48.6 Å². The molecule has 4 rings (SSSR count). The van der Waals surface area contributed by atoms with Crippen molar-refractivity contribution in [2.45, 2.75) is 116 Å². The second-order valence-corrected chi connectivity index (χ2v) is 13.2. The number of hydrogen-bond acceptors (Lipinski definition) is 10. The lowest BCUT2D eigenvalue weighted by molar-refractivity contribution is -0.371. The third kappa shape index (κ3) is 6.61. The molecular formula is C32H46O10. The Morgan fingerprint density at radius 1 is 1.12 bits per heavy atom. The van der Waals surface area contributed by atoms with Crippen LogP contribution in [0.15, 0.2) is 36.1 Å². The van der Waals surface area contributed by atoms with Crippen molar-refractivity contribution in [3.8, 4) is 5.75 Å². The van der Waals surface area contributed by atoms with E-state index < -0.39 is 53.2 Å². The van der Waals surface area contributed by atoms with Gasteiger partial charge in [0.15, 0.2) is 0 Å². The van der Waals surface area contributed by atoms with Gasteiger partial charge in [-0.2, -0.15) is 0 Å². The summed E-state index contributed by atoms with van der Waals surface area (Å²) in [6, 6.07) is 7.00. The number of hydrogen-bond donors (Lipinski definition) is 3. The minimum Gasteiger partial charge on any atom is -0.508 e. The van der Waals surface area contributed by atoms with E-state index in [1.54, 1.807) is 32.2 Å². The van der Waals surface area contributed by atoms with Gasteiger partial charge in [-0.1, -0.05) is 39.8 Å². The summed E-state index contributed by atoms with van der Waals surface area (Å²) in [7, 11) is 1.64. The molecule has 0 amide bonds. The van der Waals surface area contributed by atoms with Crippen LogP contribution in [0.3, 0.4) is 0 Å². The van der Waals surface area contributed by atoms with Crippen LogP contribution in [0.4, 0.5) is 0 Å². The zero-order valence-electron chi connectivity index (χ0n) is 25.7. The number of ether oxygens (including phenoxy) is 5. The van der Waals surface area contributed by atoms with E-state index in [2.05, 4.69) is 6.92 Å². The van der Waals surface area contributed by atoms with Crippen LogP contribution in [-0.2, 0) is 33.3 Å². The number of phenolic OH excluding ortho intramolecular Hbond substituents is 1. The lowest BCUT2D eigenvalue weighted by atomic mass is 9.66. The smallest absolute Gasteiger partial charge is 0.334 e. The molecule has 1 spiro atoms. The molecule has 10 heteroatoms.